The quantitative estimate of drug-likeness (QED) is 0.417. The van der Waals surface area contributed by atoms with Crippen LogP contribution in [-0.4, -0.2) is 57.1 Å². The number of rotatable bonds is 9. The zero-order valence-corrected chi connectivity index (χ0v) is 19.2. The number of thiazole rings is 1. The van der Waals surface area contributed by atoms with Crippen molar-refractivity contribution in [3.05, 3.63) is 41.4 Å². The molecule has 10 heteroatoms. The van der Waals surface area contributed by atoms with Crippen LogP contribution in [0.25, 0.3) is 0 Å². The van der Waals surface area contributed by atoms with Gasteiger partial charge in [-0.15, -0.1) is 11.3 Å². The Morgan fingerprint density at radius 2 is 1.93 bits per heavy atom. The van der Waals surface area contributed by atoms with Crippen LogP contribution in [0.15, 0.2) is 35.8 Å². The number of alkyl halides is 3. The van der Waals surface area contributed by atoms with E-state index in [0.717, 1.165) is 31.8 Å². The van der Waals surface area contributed by atoms with Crippen molar-refractivity contribution in [2.75, 3.05) is 52.1 Å². The summed E-state index contributed by atoms with van der Waals surface area (Å²) in [4.78, 5) is 7.84. The molecule has 176 valence electrons. The smallest absolute Gasteiger partial charge is 0.346 e. The van der Waals surface area contributed by atoms with Gasteiger partial charge in [0.2, 0.25) is 0 Å². The Morgan fingerprint density at radius 1 is 1.27 bits per heavy atom. The number of benzene rings is 1. The van der Waals surface area contributed by atoms with Gasteiger partial charge in [0.15, 0.2) is 5.13 Å². The summed E-state index contributed by atoms with van der Waals surface area (Å²) < 4.78 is 44.4. The molecule has 1 heterocycles. The monoisotopic (exact) mass is 453 g/mol. The fourth-order valence-electron chi connectivity index (χ4n) is 2.02. The average molecular weight is 454 g/mol. The van der Waals surface area contributed by atoms with E-state index in [2.05, 4.69) is 10.3 Å². The lowest BCUT2D eigenvalue weighted by Crippen LogP contribution is -2.30. The molecule has 0 bridgehead atoms. The van der Waals surface area contributed by atoms with E-state index in [1.54, 1.807) is 22.5 Å². The molecular formula is C20H38F3N5OS. The van der Waals surface area contributed by atoms with Crippen LogP contribution in [0, 0.1) is 0 Å². The van der Waals surface area contributed by atoms with Gasteiger partial charge in [0.1, 0.15) is 6.73 Å². The van der Waals surface area contributed by atoms with Crippen LogP contribution in [0.1, 0.15) is 29.2 Å². The lowest BCUT2D eigenvalue weighted by atomic mass is 10.2. The third kappa shape index (κ3) is 11.5. The molecule has 2 rings (SSSR count). The molecule has 6 nitrogen and oxygen atoms in total. The Morgan fingerprint density at radius 3 is 2.47 bits per heavy atom. The molecule has 30 heavy (non-hydrogen) atoms. The number of hydrogen-bond donors (Lipinski definition) is 2. The highest BCUT2D eigenvalue weighted by Crippen LogP contribution is 2.34. The number of aromatic nitrogens is 1. The van der Waals surface area contributed by atoms with E-state index in [1.807, 2.05) is 39.8 Å². The number of nitrogens with two attached hydrogens (primary N) is 1. The first-order valence-electron chi connectivity index (χ1n) is 9.77. The summed E-state index contributed by atoms with van der Waals surface area (Å²) in [6, 6.07) is 5.14. The summed E-state index contributed by atoms with van der Waals surface area (Å²) in [6.45, 7) is 8.68. The maximum atomic E-state index is 13.0. The molecule has 1 aromatic heterocycles. The van der Waals surface area contributed by atoms with Crippen LogP contribution in [0.3, 0.4) is 0 Å². The maximum absolute atomic E-state index is 13.0. The summed E-state index contributed by atoms with van der Waals surface area (Å²) in [6.07, 6.45) is -2.78. The molecule has 0 radical (unpaired) electrons. The van der Waals surface area contributed by atoms with E-state index in [0.29, 0.717) is 17.5 Å². The minimum Gasteiger partial charge on any atom is -0.346 e. The van der Waals surface area contributed by atoms with E-state index in [4.69, 9.17) is 10.5 Å². The second-order valence-corrected chi connectivity index (χ2v) is 6.85. The van der Waals surface area contributed by atoms with Gasteiger partial charge in [0, 0.05) is 33.2 Å². The number of anilines is 2. The number of ether oxygens (including phenoxy) is 1. The van der Waals surface area contributed by atoms with E-state index in [1.165, 1.54) is 17.4 Å². The van der Waals surface area contributed by atoms with Crippen LogP contribution in [0.2, 0.25) is 0 Å². The van der Waals surface area contributed by atoms with Crippen molar-refractivity contribution in [3.63, 3.8) is 0 Å². The number of nitrogens with zero attached hydrogens (tertiary/aromatic N) is 3. The standard InChI is InChI=1S/C16H21F3N4OS.C2H7N.C2H6.2H2/c1-22(2)8-6-20-11-24-12-23(15-21-7-9-25-15)14-5-3-4-13(10-14)16(17,18)19;1-2-3;1-2;;/h3-5,7,9-10,20H,6,8,11-12H2,1-2H3;2-3H2,1H3;1-2H3;2*1H. The van der Waals surface area contributed by atoms with Crippen molar-refractivity contribution in [1.29, 1.82) is 0 Å². The predicted molar refractivity (Wildman–Crippen MR) is 123 cm³/mol. The van der Waals surface area contributed by atoms with E-state index >= 15 is 0 Å². The minimum atomic E-state index is -4.39. The summed E-state index contributed by atoms with van der Waals surface area (Å²) in [5.74, 6) is 0. The molecule has 0 fully saturated rings. The van der Waals surface area contributed by atoms with Crippen LogP contribution in [0.5, 0.6) is 0 Å². The topological polar surface area (TPSA) is 66.7 Å². The van der Waals surface area contributed by atoms with Crippen LogP contribution < -0.4 is 16.0 Å². The minimum absolute atomic E-state index is 0. The van der Waals surface area contributed by atoms with Gasteiger partial charge < -0.3 is 15.4 Å². The Labute approximate surface area is 184 Å². The zero-order valence-electron chi connectivity index (χ0n) is 18.4. The zero-order chi connectivity index (χ0) is 23.0. The van der Waals surface area contributed by atoms with Crippen LogP contribution in [0.4, 0.5) is 24.0 Å². The van der Waals surface area contributed by atoms with Crippen LogP contribution >= 0.6 is 11.3 Å². The van der Waals surface area contributed by atoms with Gasteiger partial charge >= 0.3 is 6.18 Å². The Balaban J connectivity index is -0.00000111. The van der Waals surface area contributed by atoms with Crippen molar-refractivity contribution in [2.24, 2.45) is 5.73 Å². The van der Waals surface area contributed by atoms with Gasteiger partial charge in [0.05, 0.1) is 12.3 Å². The normalized spacial score (nSPS) is 10.7. The highest BCUT2D eigenvalue weighted by atomic mass is 32.1. The van der Waals surface area contributed by atoms with Crippen LogP contribution in [-0.2, 0) is 10.9 Å². The lowest BCUT2D eigenvalue weighted by molar-refractivity contribution is -0.137. The predicted octanol–water partition coefficient (Wildman–Crippen LogP) is 4.87. The van der Waals surface area contributed by atoms with Gasteiger partial charge in [-0.2, -0.15) is 13.2 Å². The fourth-order valence-corrected chi connectivity index (χ4v) is 2.67. The molecule has 2 aromatic rings. The average Bonchev–Trinajstić information content (AvgIpc) is 3.23. The third-order valence-electron chi connectivity index (χ3n) is 3.30. The molecule has 0 aliphatic rings. The van der Waals surface area contributed by atoms with Crippen molar-refractivity contribution in [3.8, 4) is 0 Å². The second kappa shape index (κ2) is 16.0. The number of likely N-dealkylation sites (N-methyl/N-ethyl adjacent to an activating group) is 1. The first-order chi connectivity index (χ1) is 14.3. The van der Waals surface area contributed by atoms with Gasteiger partial charge in [0.25, 0.3) is 0 Å². The Hall–Kier alpha value is -1.72. The van der Waals surface area contributed by atoms with Crippen molar-refractivity contribution < 1.29 is 20.8 Å². The summed E-state index contributed by atoms with van der Waals surface area (Å²) in [5.41, 5.74) is 4.54. The fraction of sp³-hybridized carbons (Fsp3) is 0.550. The molecule has 0 aliphatic carbocycles. The molecule has 0 saturated heterocycles. The van der Waals surface area contributed by atoms with Crippen molar-refractivity contribution in [2.45, 2.75) is 26.9 Å². The Bertz CT molecular complexity index is 665. The molecular weight excluding hydrogens is 415 g/mol. The summed E-state index contributed by atoms with van der Waals surface area (Å²) in [7, 11) is 3.95. The molecule has 0 unspecified atom stereocenters. The third-order valence-corrected chi connectivity index (χ3v) is 4.09. The molecule has 0 aliphatic heterocycles. The SMILES string of the molecule is CC.CCN.CN(C)CCNCOCN(c1cccc(C(F)(F)F)c1)c1nccs1.[HH].[HH]. The number of hydrogen-bond acceptors (Lipinski definition) is 7. The molecule has 0 saturated carbocycles. The van der Waals surface area contributed by atoms with E-state index in [-0.39, 0.29) is 9.58 Å². The number of halogens is 3. The highest BCUT2D eigenvalue weighted by molar-refractivity contribution is 7.13. The number of nitrogens with one attached hydrogen (secondary N) is 1. The van der Waals surface area contributed by atoms with Crippen molar-refractivity contribution >= 4 is 22.2 Å². The molecule has 0 atom stereocenters. The molecule has 0 amide bonds. The van der Waals surface area contributed by atoms with Gasteiger partial charge in [-0.3, -0.25) is 10.2 Å². The Kier molecular flexibility index (Phi) is 15.1. The van der Waals surface area contributed by atoms with Gasteiger partial charge in [-0.25, -0.2) is 4.98 Å². The largest absolute Gasteiger partial charge is 0.416 e. The van der Waals surface area contributed by atoms with Gasteiger partial charge in [-0.05, 0) is 38.8 Å². The van der Waals surface area contributed by atoms with Gasteiger partial charge in [-0.1, -0.05) is 26.8 Å². The van der Waals surface area contributed by atoms with Crippen molar-refractivity contribution in [1.82, 2.24) is 15.2 Å². The summed E-state index contributed by atoms with van der Waals surface area (Å²) in [5, 5.41) is 5.46. The van der Waals surface area contributed by atoms with E-state index < -0.39 is 11.7 Å². The molecule has 3 N–H and O–H groups in total. The first-order valence-corrected chi connectivity index (χ1v) is 10.6. The molecule has 1 aromatic carbocycles. The first kappa shape index (κ1) is 28.3. The molecule has 0 spiro atoms. The lowest BCUT2D eigenvalue weighted by Gasteiger charge is -2.23. The van der Waals surface area contributed by atoms with E-state index in [9.17, 15) is 13.2 Å². The highest BCUT2D eigenvalue weighted by Gasteiger charge is 2.31. The maximum Gasteiger partial charge on any atom is 0.416 e. The second-order valence-electron chi connectivity index (χ2n) is 5.98. The summed E-state index contributed by atoms with van der Waals surface area (Å²) >= 11 is 1.34.